The number of nitrogens with one attached hydrogen (secondary N) is 1. The molecule has 1 aliphatic rings. The largest absolute Gasteiger partial charge is 0.452 e. The fraction of sp³-hybridized carbons (Fsp3) is 0. The minimum atomic E-state index is -0.337. The van der Waals surface area contributed by atoms with Crippen molar-refractivity contribution in [2.24, 2.45) is 5.10 Å². The summed E-state index contributed by atoms with van der Waals surface area (Å²) >= 11 is 1.13. The Morgan fingerprint density at radius 1 is 0.900 bits per heavy atom. The SMILES string of the molecule is O=C1C=Cc2ccccc2/C1=C/N/N=c1\sc(C(=O)c2cc3c(ccc4ccccc43)o2)nn1-c1ccccc1. The number of carbonyl (C=O) groups is 2. The lowest BCUT2D eigenvalue weighted by Crippen LogP contribution is -2.18. The molecule has 0 bridgehead atoms. The number of hydrogen-bond donors (Lipinski definition) is 1. The monoisotopic (exact) mass is 540 g/mol. The summed E-state index contributed by atoms with van der Waals surface area (Å²) in [7, 11) is 0. The van der Waals surface area contributed by atoms with E-state index < -0.39 is 0 Å². The predicted molar refractivity (Wildman–Crippen MR) is 156 cm³/mol. The van der Waals surface area contributed by atoms with Crippen LogP contribution in [0.4, 0.5) is 0 Å². The summed E-state index contributed by atoms with van der Waals surface area (Å²) in [5, 5.41) is 12.3. The van der Waals surface area contributed by atoms with Crippen molar-refractivity contribution in [1.29, 1.82) is 0 Å². The number of aromatic nitrogens is 2. The second-order valence-corrected chi connectivity index (χ2v) is 10.1. The normalized spacial score (nSPS) is 14.2. The van der Waals surface area contributed by atoms with E-state index in [9.17, 15) is 9.59 Å². The van der Waals surface area contributed by atoms with Gasteiger partial charge in [0.25, 0.3) is 5.78 Å². The molecule has 0 saturated carbocycles. The van der Waals surface area contributed by atoms with E-state index in [1.54, 1.807) is 29.1 Å². The van der Waals surface area contributed by atoms with Crippen molar-refractivity contribution in [3.8, 4) is 5.69 Å². The van der Waals surface area contributed by atoms with Gasteiger partial charge in [-0.25, -0.2) is 4.68 Å². The average molecular weight is 541 g/mol. The van der Waals surface area contributed by atoms with Gasteiger partial charge in [-0.15, -0.1) is 5.10 Å². The quantitative estimate of drug-likeness (QED) is 0.162. The summed E-state index contributed by atoms with van der Waals surface area (Å²) in [6.07, 6.45) is 4.92. The molecule has 1 aliphatic carbocycles. The van der Waals surface area contributed by atoms with Crippen LogP contribution in [0.1, 0.15) is 26.7 Å². The zero-order chi connectivity index (χ0) is 27.1. The first-order chi connectivity index (χ1) is 19.7. The Morgan fingerprint density at radius 3 is 2.60 bits per heavy atom. The van der Waals surface area contributed by atoms with Crippen molar-refractivity contribution in [2.75, 3.05) is 0 Å². The van der Waals surface area contributed by atoms with Crippen LogP contribution in [0.15, 0.2) is 119 Å². The molecule has 0 unspecified atom stereocenters. The molecule has 1 N–H and O–H groups in total. The Kier molecular flexibility index (Phi) is 5.79. The number of fused-ring (bicyclic) bond motifs is 4. The predicted octanol–water partition coefficient (Wildman–Crippen LogP) is 6.11. The first-order valence-corrected chi connectivity index (χ1v) is 13.4. The summed E-state index contributed by atoms with van der Waals surface area (Å²) < 4.78 is 7.56. The van der Waals surface area contributed by atoms with Crippen molar-refractivity contribution in [3.63, 3.8) is 0 Å². The minimum Gasteiger partial charge on any atom is -0.452 e. The van der Waals surface area contributed by atoms with E-state index in [0.717, 1.165) is 44.3 Å². The Morgan fingerprint density at radius 2 is 1.70 bits per heavy atom. The summed E-state index contributed by atoms with van der Waals surface area (Å²) in [6.45, 7) is 0. The molecule has 0 saturated heterocycles. The van der Waals surface area contributed by atoms with Gasteiger partial charge in [0.2, 0.25) is 4.80 Å². The van der Waals surface area contributed by atoms with Gasteiger partial charge in [0.1, 0.15) is 5.58 Å². The average Bonchev–Trinajstić information content (AvgIpc) is 3.64. The standard InChI is InChI=1S/C32H20N4O3S/c37-27-16-14-20-8-5-7-13-24(20)26(27)19-33-34-32-36(22-10-2-1-3-11-22)35-31(40-32)30(38)29-18-25-23-12-6-4-9-21(23)15-17-28(25)39-29/h1-19,33H/b26-19-,34-32-. The maximum atomic E-state index is 13.6. The molecule has 40 heavy (non-hydrogen) atoms. The van der Waals surface area contributed by atoms with Gasteiger partial charge in [-0.2, -0.15) is 5.10 Å². The molecule has 4 aromatic carbocycles. The number of benzene rings is 4. The zero-order valence-corrected chi connectivity index (χ0v) is 21.8. The molecule has 2 aromatic heterocycles. The third-order valence-corrected chi connectivity index (χ3v) is 7.61. The van der Waals surface area contributed by atoms with E-state index in [1.165, 1.54) is 0 Å². The van der Waals surface area contributed by atoms with Crippen molar-refractivity contribution >= 4 is 56.3 Å². The second-order valence-electron chi connectivity index (χ2n) is 9.16. The molecule has 0 radical (unpaired) electrons. The lowest BCUT2D eigenvalue weighted by atomic mass is 9.92. The van der Waals surface area contributed by atoms with E-state index in [0.29, 0.717) is 16.0 Å². The number of ketones is 2. The first kappa shape index (κ1) is 23.8. The molecule has 0 aliphatic heterocycles. The van der Waals surface area contributed by atoms with Crippen molar-refractivity contribution in [3.05, 3.63) is 136 Å². The summed E-state index contributed by atoms with van der Waals surface area (Å²) in [5.74, 6) is -0.246. The minimum absolute atomic E-state index is 0.116. The fourth-order valence-corrected chi connectivity index (χ4v) is 5.59. The van der Waals surface area contributed by atoms with Crippen LogP contribution in [0.25, 0.3) is 39.1 Å². The number of rotatable bonds is 5. The molecule has 0 atom stereocenters. The Balaban J connectivity index is 1.28. The van der Waals surface area contributed by atoms with Crippen LogP contribution in [-0.4, -0.2) is 21.3 Å². The second kappa shape index (κ2) is 9.76. The van der Waals surface area contributed by atoms with E-state index in [2.05, 4.69) is 15.6 Å². The van der Waals surface area contributed by atoms with E-state index in [1.807, 2.05) is 91.0 Å². The topological polar surface area (TPSA) is 89.5 Å². The van der Waals surface area contributed by atoms with Gasteiger partial charge in [-0.3, -0.25) is 15.0 Å². The Hall–Kier alpha value is -5.34. The van der Waals surface area contributed by atoms with Crippen molar-refractivity contribution in [1.82, 2.24) is 15.2 Å². The number of allylic oxidation sites excluding steroid dienone is 2. The van der Waals surface area contributed by atoms with Crippen LogP contribution in [0.3, 0.4) is 0 Å². The summed E-state index contributed by atoms with van der Waals surface area (Å²) in [5.41, 5.74) is 6.57. The number of carbonyl (C=O) groups excluding carboxylic acids is 2. The zero-order valence-electron chi connectivity index (χ0n) is 20.9. The molecule has 0 amide bonds. The highest BCUT2D eigenvalue weighted by Gasteiger charge is 2.21. The van der Waals surface area contributed by atoms with Gasteiger partial charge in [0.15, 0.2) is 16.6 Å². The first-order valence-electron chi connectivity index (χ1n) is 12.6. The highest BCUT2D eigenvalue weighted by molar-refractivity contribution is 7.11. The van der Waals surface area contributed by atoms with Crippen LogP contribution in [-0.2, 0) is 4.79 Å². The van der Waals surface area contributed by atoms with Crippen LogP contribution in [0.2, 0.25) is 0 Å². The van der Waals surface area contributed by atoms with Gasteiger partial charge in [-0.05, 0) is 52.2 Å². The lowest BCUT2D eigenvalue weighted by Gasteiger charge is -2.12. The highest BCUT2D eigenvalue weighted by atomic mass is 32.1. The third kappa shape index (κ3) is 4.16. The number of nitrogens with zero attached hydrogens (tertiary/aromatic N) is 3. The molecule has 7 nitrogen and oxygen atoms in total. The molecule has 7 rings (SSSR count). The molecular weight excluding hydrogens is 520 g/mol. The molecule has 0 fully saturated rings. The fourth-order valence-electron chi connectivity index (χ4n) is 4.77. The molecule has 6 aromatic rings. The van der Waals surface area contributed by atoms with Gasteiger partial charge in [-0.1, -0.05) is 90.2 Å². The highest BCUT2D eigenvalue weighted by Crippen LogP contribution is 2.29. The molecular formula is C32H20N4O3S. The van der Waals surface area contributed by atoms with Crippen LogP contribution < -0.4 is 10.2 Å². The summed E-state index contributed by atoms with van der Waals surface area (Å²) in [6, 6.07) is 30.7. The Labute approximate surface area is 232 Å². The van der Waals surface area contributed by atoms with E-state index in [4.69, 9.17) is 4.42 Å². The molecule has 192 valence electrons. The number of para-hydroxylation sites is 1. The lowest BCUT2D eigenvalue weighted by molar-refractivity contribution is -0.109. The van der Waals surface area contributed by atoms with Crippen molar-refractivity contribution in [2.45, 2.75) is 0 Å². The molecule has 2 heterocycles. The molecule has 0 spiro atoms. The number of hydrogen-bond acceptors (Lipinski definition) is 7. The van der Waals surface area contributed by atoms with Gasteiger partial charge < -0.3 is 4.42 Å². The molecule has 8 heteroatoms. The van der Waals surface area contributed by atoms with E-state index in [-0.39, 0.29) is 22.3 Å². The number of furan rings is 1. The van der Waals surface area contributed by atoms with Gasteiger partial charge >= 0.3 is 0 Å². The van der Waals surface area contributed by atoms with Gasteiger partial charge in [0, 0.05) is 17.2 Å². The summed E-state index contributed by atoms with van der Waals surface area (Å²) in [4.78, 5) is 26.6. The third-order valence-electron chi connectivity index (χ3n) is 6.70. The van der Waals surface area contributed by atoms with Crippen molar-refractivity contribution < 1.29 is 14.0 Å². The van der Waals surface area contributed by atoms with Crippen LogP contribution in [0, 0.1) is 0 Å². The van der Waals surface area contributed by atoms with E-state index >= 15 is 0 Å². The smallest absolute Gasteiger partial charge is 0.258 e. The Bertz CT molecular complexity index is 2080. The maximum Gasteiger partial charge on any atom is 0.258 e. The van der Waals surface area contributed by atoms with Crippen LogP contribution >= 0.6 is 11.3 Å². The maximum absolute atomic E-state index is 13.6. The van der Waals surface area contributed by atoms with Gasteiger partial charge in [0.05, 0.1) is 5.69 Å². The van der Waals surface area contributed by atoms with Crippen LogP contribution in [0.5, 0.6) is 0 Å².